The fourth-order valence-corrected chi connectivity index (χ4v) is 2.31. The highest BCUT2D eigenvalue weighted by Gasteiger charge is 2.21. The third-order valence-electron chi connectivity index (χ3n) is 2.54. The maximum absolute atomic E-state index is 11.4. The van der Waals surface area contributed by atoms with E-state index in [1.165, 1.54) is 7.11 Å². The molecular weight excluding hydrogens is 323 g/mol. The number of methoxy groups -OCH3 is 1. The van der Waals surface area contributed by atoms with Crippen molar-refractivity contribution in [2.75, 3.05) is 13.7 Å². The topological polar surface area (TPSA) is 53.4 Å². The second-order valence-corrected chi connectivity index (χ2v) is 4.65. The van der Waals surface area contributed by atoms with Gasteiger partial charge in [0, 0.05) is 12.8 Å². The molecule has 1 unspecified atom stereocenters. The molecule has 0 amide bonds. The molecule has 1 aromatic rings. The number of hydrogen-bond acceptors (Lipinski definition) is 4. The minimum Gasteiger partial charge on any atom is -0.465 e. The van der Waals surface area contributed by atoms with E-state index < -0.39 is 0 Å². The number of carbonyl (C=O) groups is 1. The first-order valence-electron chi connectivity index (χ1n) is 5.17. The number of halogens is 1. The van der Waals surface area contributed by atoms with Crippen LogP contribution in [-0.4, -0.2) is 29.5 Å². The van der Waals surface area contributed by atoms with E-state index in [0.29, 0.717) is 9.26 Å². The van der Waals surface area contributed by atoms with Crippen molar-refractivity contribution in [2.24, 2.45) is 0 Å². The van der Waals surface area contributed by atoms with Crippen LogP contribution in [0.3, 0.4) is 0 Å². The molecular formula is C10H13IN2O3. The van der Waals surface area contributed by atoms with Crippen LogP contribution >= 0.6 is 22.6 Å². The third-order valence-corrected chi connectivity index (χ3v) is 3.34. The van der Waals surface area contributed by atoms with Crippen molar-refractivity contribution in [3.05, 3.63) is 15.5 Å². The van der Waals surface area contributed by atoms with E-state index in [4.69, 9.17) is 4.74 Å². The molecule has 5 nitrogen and oxygen atoms in total. The molecule has 0 saturated carbocycles. The van der Waals surface area contributed by atoms with Gasteiger partial charge < -0.3 is 9.47 Å². The summed E-state index contributed by atoms with van der Waals surface area (Å²) in [4.78, 5) is 11.4. The van der Waals surface area contributed by atoms with Crippen molar-refractivity contribution >= 4 is 28.6 Å². The van der Waals surface area contributed by atoms with E-state index in [0.717, 1.165) is 25.9 Å². The Kier molecular flexibility index (Phi) is 3.80. The van der Waals surface area contributed by atoms with Crippen LogP contribution < -0.4 is 0 Å². The maximum Gasteiger partial charge on any atom is 0.342 e. The molecule has 1 fully saturated rings. The van der Waals surface area contributed by atoms with Gasteiger partial charge in [-0.25, -0.2) is 9.48 Å². The minimum absolute atomic E-state index is 0.0410. The summed E-state index contributed by atoms with van der Waals surface area (Å²) in [5, 5.41) is 4.28. The Morgan fingerprint density at radius 2 is 2.50 bits per heavy atom. The lowest BCUT2D eigenvalue weighted by atomic mass is 10.2. The molecule has 0 aromatic carbocycles. The molecule has 2 heterocycles. The van der Waals surface area contributed by atoms with Crippen LogP contribution in [0.15, 0.2) is 6.20 Å². The summed E-state index contributed by atoms with van der Waals surface area (Å²) in [6, 6.07) is 0. The molecule has 0 N–H and O–H groups in total. The van der Waals surface area contributed by atoms with Crippen molar-refractivity contribution in [2.45, 2.75) is 25.5 Å². The smallest absolute Gasteiger partial charge is 0.342 e. The van der Waals surface area contributed by atoms with E-state index in [-0.39, 0.29) is 12.2 Å². The van der Waals surface area contributed by atoms with E-state index in [1.807, 2.05) is 22.6 Å². The van der Waals surface area contributed by atoms with Gasteiger partial charge in [0.25, 0.3) is 0 Å². The van der Waals surface area contributed by atoms with Gasteiger partial charge in [0.05, 0.1) is 7.11 Å². The number of carbonyl (C=O) groups excluding carboxylic acids is 1. The average Bonchev–Trinajstić information content (AvgIpc) is 2.71. The lowest BCUT2D eigenvalue weighted by molar-refractivity contribution is -0.0397. The number of aromatic nitrogens is 2. The van der Waals surface area contributed by atoms with Gasteiger partial charge in [-0.15, -0.1) is 0 Å². The first kappa shape index (κ1) is 11.8. The number of hydrogen-bond donors (Lipinski definition) is 0. The fraction of sp³-hybridized carbons (Fsp3) is 0.600. The molecule has 1 atom stereocenters. The Bertz CT molecular complexity index is 385. The van der Waals surface area contributed by atoms with Gasteiger partial charge in [0.1, 0.15) is 15.5 Å². The predicted octanol–water partition coefficient (Wildman–Crippen LogP) is 1.97. The highest BCUT2D eigenvalue weighted by molar-refractivity contribution is 14.1. The second-order valence-electron chi connectivity index (χ2n) is 3.63. The fourth-order valence-electron chi connectivity index (χ4n) is 1.70. The second kappa shape index (κ2) is 5.13. The van der Waals surface area contributed by atoms with Crippen LogP contribution in [0.2, 0.25) is 0 Å². The SMILES string of the molecule is COC(=O)c1cn(C2CCCCO2)nc1I. The van der Waals surface area contributed by atoms with Crippen LogP contribution in [0.25, 0.3) is 0 Å². The summed E-state index contributed by atoms with van der Waals surface area (Å²) >= 11 is 2.03. The monoisotopic (exact) mass is 336 g/mol. The zero-order valence-electron chi connectivity index (χ0n) is 8.98. The molecule has 1 aromatic heterocycles. The lowest BCUT2D eigenvalue weighted by Crippen LogP contribution is -2.18. The third kappa shape index (κ3) is 2.37. The summed E-state index contributed by atoms with van der Waals surface area (Å²) in [5.74, 6) is -0.355. The Morgan fingerprint density at radius 3 is 3.12 bits per heavy atom. The van der Waals surface area contributed by atoms with E-state index in [2.05, 4.69) is 9.84 Å². The normalized spacial score (nSPS) is 20.8. The van der Waals surface area contributed by atoms with E-state index in [1.54, 1.807) is 10.9 Å². The molecule has 16 heavy (non-hydrogen) atoms. The molecule has 2 rings (SSSR count). The van der Waals surface area contributed by atoms with Crippen LogP contribution in [0, 0.1) is 3.70 Å². The first-order valence-corrected chi connectivity index (χ1v) is 6.25. The molecule has 88 valence electrons. The van der Waals surface area contributed by atoms with Crippen molar-refractivity contribution in [1.82, 2.24) is 9.78 Å². The summed E-state index contributed by atoms with van der Waals surface area (Å²) in [7, 11) is 1.37. The van der Waals surface area contributed by atoms with Gasteiger partial charge in [-0.1, -0.05) is 0 Å². The Labute approximate surface area is 107 Å². The van der Waals surface area contributed by atoms with Crippen LogP contribution in [0.1, 0.15) is 35.8 Å². The zero-order chi connectivity index (χ0) is 11.5. The van der Waals surface area contributed by atoms with Gasteiger partial charge in [0.15, 0.2) is 0 Å². The maximum atomic E-state index is 11.4. The Balaban J connectivity index is 2.19. The highest BCUT2D eigenvalue weighted by atomic mass is 127. The summed E-state index contributed by atoms with van der Waals surface area (Å²) in [6.07, 6.45) is 4.83. The molecule has 0 aliphatic carbocycles. The van der Waals surface area contributed by atoms with Gasteiger partial charge in [-0.05, 0) is 41.9 Å². The summed E-state index contributed by atoms with van der Waals surface area (Å²) in [6.45, 7) is 0.759. The lowest BCUT2D eigenvalue weighted by Gasteiger charge is -2.22. The standard InChI is InChI=1S/C10H13IN2O3/c1-15-10(14)7-6-13(12-9(7)11)8-4-2-3-5-16-8/h6,8H,2-5H2,1H3. The molecule has 0 bridgehead atoms. The molecule has 1 aliphatic rings. The first-order chi connectivity index (χ1) is 7.72. The van der Waals surface area contributed by atoms with Crippen molar-refractivity contribution in [3.8, 4) is 0 Å². The van der Waals surface area contributed by atoms with E-state index >= 15 is 0 Å². The minimum atomic E-state index is -0.355. The van der Waals surface area contributed by atoms with Crippen molar-refractivity contribution in [1.29, 1.82) is 0 Å². The molecule has 1 saturated heterocycles. The molecule has 0 radical (unpaired) electrons. The van der Waals surface area contributed by atoms with Crippen molar-refractivity contribution in [3.63, 3.8) is 0 Å². The number of esters is 1. The number of nitrogens with zero attached hydrogens (tertiary/aromatic N) is 2. The van der Waals surface area contributed by atoms with Gasteiger partial charge >= 0.3 is 5.97 Å². The Hall–Kier alpha value is -0.630. The van der Waals surface area contributed by atoms with Crippen LogP contribution in [0.4, 0.5) is 0 Å². The number of rotatable bonds is 2. The number of ether oxygens (including phenoxy) is 2. The van der Waals surface area contributed by atoms with Gasteiger partial charge in [-0.3, -0.25) is 0 Å². The largest absolute Gasteiger partial charge is 0.465 e. The van der Waals surface area contributed by atoms with Crippen LogP contribution in [0.5, 0.6) is 0 Å². The van der Waals surface area contributed by atoms with Crippen LogP contribution in [-0.2, 0) is 9.47 Å². The van der Waals surface area contributed by atoms with E-state index in [9.17, 15) is 4.79 Å². The van der Waals surface area contributed by atoms with Crippen molar-refractivity contribution < 1.29 is 14.3 Å². The molecule has 6 heteroatoms. The molecule has 1 aliphatic heterocycles. The van der Waals surface area contributed by atoms with Gasteiger partial charge in [0.2, 0.25) is 0 Å². The predicted molar refractivity (Wildman–Crippen MR) is 65.1 cm³/mol. The zero-order valence-corrected chi connectivity index (χ0v) is 11.1. The summed E-state index contributed by atoms with van der Waals surface area (Å²) < 4.78 is 12.6. The Morgan fingerprint density at radius 1 is 1.69 bits per heavy atom. The molecule has 0 spiro atoms. The average molecular weight is 336 g/mol. The van der Waals surface area contributed by atoms with Gasteiger partial charge in [-0.2, -0.15) is 5.10 Å². The quantitative estimate of drug-likeness (QED) is 0.612. The highest BCUT2D eigenvalue weighted by Crippen LogP contribution is 2.23. The summed E-state index contributed by atoms with van der Waals surface area (Å²) in [5.41, 5.74) is 0.497.